The Balaban J connectivity index is 2.12. The van der Waals surface area contributed by atoms with E-state index in [4.69, 9.17) is 5.73 Å². The molecule has 1 aromatic heterocycles. The van der Waals surface area contributed by atoms with Crippen LogP contribution in [0.4, 0.5) is 8.78 Å². The van der Waals surface area contributed by atoms with Gasteiger partial charge in [0.2, 0.25) is 0 Å². The predicted octanol–water partition coefficient (Wildman–Crippen LogP) is 3.26. The molecule has 0 saturated heterocycles. The zero-order valence-corrected chi connectivity index (χ0v) is 11.3. The van der Waals surface area contributed by atoms with Gasteiger partial charge in [0.1, 0.15) is 11.6 Å². The summed E-state index contributed by atoms with van der Waals surface area (Å²) in [7, 11) is 0. The maximum absolute atomic E-state index is 14.2. The minimum Gasteiger partial charge on any atom is -0.320 e. The van der Waals surface area contributed by atoms with Crippen LogP contribution in [-0.4, -0.2) is 9.97 Å². The summed E-state index contributed by atoms with van der Waals surface area (Å²) >= 11 is 0. The van der Waals surface area contributed by atoms with Gasteiger partial charge in [-0.15, -0.1) is 0 Å². The molecule has 0 radical (unpaired) electrons. The number of aryl methyl sites for hydroxylation is 1. The van der Waals surface area contributed by atoms with E-state index in [-0.39, 0.29) is 5.56 Å². The lowest BCUT2D eigenvalue weighted by Crippen LogP contribution is -2.16. The van der Waals surface area contributed by atoms with E-state index in [0.29, 0.717) is 22.2 Å². The van der Waals surface area contributed by atoms with Crippen LogP contribution >= 0.6 is 0 Å². The van der Waals surface area contributed by atoms with Crippen LogP contribution in [0.3, 0.4) is 0 Å². The number of halogens is 2. The first-order chi connectivity index (χ1) is 10.1. The van der Waals surface area contributed by atoms with Crippen molar-refractivity contribution in [3.8, 4) is 0 Å². The summed E-state index contributed by atoms with van der Waals surface area (Å²) in [4.78, 5) is 8.33. The van der Waals surface area contributed by atoms with E-state index in [2.05, 4.69) is 9.97 Å². The van der Waals surface area contributed by atoms with Crippen molar-refractivity contribution in [1.82, 2.24) is 9.97 Å². The molecule has 5 heteroatoms. The second kappa shape index (κ2) is 5.18. The van der Waals surface area contributed by atoms with Crippen LogP contribution in [0.15, 0.2) is 42.7 Å². The molecule has 2 N–H and O–H groups in total. The van der Waals surface area contributed by atoms with Gasteiger partial charge in [-0.25, -0.2) is 8.78 Å². The third-order valence-corrected chi connectivity index (χ3v) is 3.48. The molecule has 2 aromatic carbocycles. The monoisotopic (exact) mass is 285 g/mol. The molecular formula is C16H13F2N3. The molecule has 0 amide bonds. The number of rotatable bonds is 2. The fraction of sp³-hybridized carbons (Fsp3) is 0.125. The Morgan fingerprint density at radius 1 is 1.00 bits per heavy atom. The Hall–Kier alpha value is -2.40. The van der Waals surface area contributed by atoms with Crippen LogP contribution in [0.1, 0.15) is 22.7 Å². The van der Waals surface area contributed by atoms with Crippen LogP contribution in [0.2, 0.25) is 0 Å². The molecule has 1 unspecified atom stereocenters. The summed E-state index contributed by atoms with van der Waals surface area (Å²) in [5, 5.41) is 0. The average Bonchev–Trinajstić information content (AvgIpc) is 2.51. The highest BCUT2D eigenvalue weighted by Gasteiger charge is 2.20. The summed E-state index contributed by atoms with van der Waals surface area (Å²) < 4.78 is 28.1. The number of fused-ring (bicyclic) bond motifs is 1. The lowest BCUT2D eigenvalue weighted by molar-refractivity contribution is 0.538. The van der Waals surface area contributed by atoms with Gasteiger partial charge in [-0.05, 0) is 36.2 Å². The Bertz CT molecular complexity index is 818. The van der Waals surface area contributed by atoms with Gasteiger partial charge in [-0.3, -0.25) is 9.97 Å². The van der Waals surface area contributed by atoms with E-state index < -0.39 is 17.7 Å². The van der Waals surface area contributed by atoms with Crippen LogP contribution in [0, 0.1) is 18.6 Å². The fourth-order valence-corrected chi connectivity index (χ4v) is 2.30. The number of aromatic nitrogens is 2. The highest BCUT2D eigenvalue weighted by Crippen LogP contribution is 2.27. The van der Waals surface area contributed by atoms with Gasteiger partial charge >= 0.3 is 0 Å². The van der Waals surface area contributed by atoms with E-state index >= 15 is 0 Å². The average molecular weight is 285 g/mol. The molecule has 0 saturated carbocycles. The summed E-state index contributed by atoms with van der Waals surface area (Å²) in [6.45, 7) is 1.58. The van der Waals surface area contributed by atoms with Gasteiger partial charge in [-0.1, -0.05) is 12.1 Å². The Labute approximate surface area is 120 Å². The van der Waals surface area contributed by atoms with Crippen molar-refractivity contribution in [2.24, 2.45) is 5.73 Å². The quantitative estimate of drug-likeness (QED) is 0.786. The van der Waals surface area contributed by atoms with Crippen LogP contribution in [0.5, 0.6) is 0 Å². The molecule has 0 aliphatic rings. The highest BCUT2D eigenvalue weighted by molar-refractivity contribution is 5.74. The molecule has 0 aliphatic heterocycles. The maximum atomic E-state index is 14.2. The Morgan fingerprint density at radius 3 is 2.48 bits per heavy atom. The molecule has 0 spiro atoms. The van der Waals surface area contributed by atoms with E-state index in [0.717, 1.165) is 0 Å². The van der Waals surface area contributed by atoms with Crippen molar-refractivity contribution in [2.45, 2.75) is 13.0 Å². The van der Waals surface area contributed by atoms with Crippen molar-refractivity contribution < 1.29 is 8.78 Å². The van der Waals surface area contributed by atoms with E-state index in [1.165, 1.54) is 12.1 Å². The number of nitrogens with zero attached hydrogens (tertiary/aromatic N) is 2. The second-order valence-corrected chi connectivity index (χ2v) is 4.87. The highest BCUT2D eigenvalue weighted by atomic mass is 19.1. The zero-order chi connectivity index (χ0) is 15.0. The molecule has 3 rings (SSSR count). The van der Waals surface area contributed by atoms with E-state index in [1.807, 2.05) is 0 Å². The van der Waals surface area contributed by atoms with E-state index in [9.17, 15) is 8.78 Å². The molecule has 1 heterocycles. The molecule has 0 fully saturated rings. The molecule has 0 bridgehead atoms. The minimum atomic E-state index is -0.892. The van der Waals surface area contributed by atoms with Gasteiger partial charge in [0.15, 0.2) is 0 Å². The fourth-order valence-electron chi connectivity index (χ4n) is 2.30. The molecule has 3 aromatic rings. The molecule has 106 valence electrons. The van der Waals surface area contributed by atoms with Gasteiger partial charge in [0.25, 0.3) is 0 Å². The third-order valence-electron chi connectivity index (χ3n) is 3.48. The smallest absolute Gasteiger partial charge is 0.134 e. The molecule has 0 aliphatic carbocycles. The van der Waals surface area contributed by atoms with E-state index in [1.54, 1.807) is 37.5 Å². The van der Waals surface area contributed by atoms with Crippen LogP contribution in [0.25, 0.3) is 11.0 Å². The summed E-state index contributed by atoms with van der Waals surface area (Å²) in [6, 6.07) is 6.89. The first-order valence-electron chi connectivity index (χ1n) is 6.48. The molecule has 21 heavy (non-hydrogen) atoms. The lowest BCUT2D eigenvalue weighted by Gasteiger charge is -2.16. The zero-order valence-electron chi connectivity index (χ0n) is 11.3. The van der Waals surface area contributed by atoms with Gasteiger partial charge < -0.3 is 5.73 Å². The Kier molecular flexibility index (Phi) is 3.35. The number of hydrogen-bond acceptors (Lipinski definition) is 3. The summed E-state index contributed by atoms with van der Waals surface area (Å²) in [6.07, 6.45) is 3.15. The van der Waals surface area contributed by atoms with Gasteiger partial charge in [0, 0.05) is 18.0 Å². The first kappa shape index (κ1) is 13.6. The van der Waals surface area contributed by atoms with Crippen molar-refractivity contribution >= 4 is 11.0 Å². The molecule has 1 atom stereocenters. The van der Waals surface area contributed by atoms with Crippen molar-refractivity contribution in [3.05, 3.63) is 71.1 Å². The van der Waals surface area contributed by atoms with Crippen molar-refractivity contribution in [2.75, 3.05) is 0 Å². The number of hydrogen-bond donors (Lipinski definition) is 1. The molecular weight excluding hydrogens is 272 g/mol. The second-order valence-electron chi connectivity index (χ2n) is 4.87. The van der Waals surface area contributed by atoms with Gasteiger partial charge in [-0.2, -0.15) is 0 Å². The normalized spacial score (nSPS) is 12.6. The first-order valence-corrected chi connectivity index (χ1v) is 6.48. The summed E-state index contributed by atoms with van der Waals surface area (Å²) in [5.41, 5.74) is 8.22. The SMILES string of the molecule is Cc1ccc(F)c(C(N)c2ccc3nccnc3c2)c1F. The largest absolute Gasteiger partial charge is 0.320 e. The topological polar surface area (TPSA) is 51.8 Å². The van der Waals surface area contributed by atoms with Crippen molar-refractivity contribution in [3.63, 3.8) is 0 Å². The summed E-state index contributed by atoms with van der Waals surface area (Å²) in [5.74, 6) is -1.26. The van der Waals surface area contributed by atoms with Crippen molar-refractivity contribution in [1.29, 1.82) is 0 Å². The lowest BCUT2D eigenvalue weighted by atomic mass is 9.96. The molecule has 3 nitrogen and oxygen atoms in total. The van der Waals surface area contributed by atoms with Crippen LogP contribution in [-0.2, 0) is 0 Å². The maximum Gasteiger partial charge on any atom is 0.134 e. The third kappa shape index (κ3) is 2.36. The number of benzene rings is 2. The predicted molar refractivity (Wildman–Crippen MR) is 76.7 cm³/mol. The van der Waals surface area contributed by atoms with Crippen LogP contribution < -0.4 is 5.73 Å². The van der Waals surface area contributed by atoms with Gasteiger partial charge in [0.05, 0.1) is 17.1 Å². The number of nitrogens with two attached hydrogens (primary N) is 1. The standard InChI is InChI=1S/C16H13F2N3/c1-9-2-4-11(17)14(15(9)18)16(19)10-3-5-12-13(8-10)21-7-6-20-12/h2-8,16H,19H2,1H3. The Morgan fingerprint density at radius 2 is 1.71 bits per heavy atom. The minimum absolute atomic E-state index is 0.127.